The van der Waals surface area contributed by atoms with E-state index in [2.05, 4.69) is 5.32 Å². The molecule has 0 aliphatic carbocycles. The van der Waals surface area contributed by atoms with E-state index in [0.29, 0.717) is 18.9 Å². The predicted molar refractivity (Wildman–Crippen MR) is 64.5 cm³/mol. The smallest absolute Gasteiger partial charge is 0.385 e. The molecule has 2 nitrogen and oxygen atoms in total. The second-order valence-corrected chi connectivity index (χ2v) is 5.77. The Labute approximate surface area is 113 Å². The molecule has 3 rings (SSSR count). The van der Waals surface area contributed by atoms with E-state index in [1.54, 1.807) is 0 Å². The lowest BCUT2D eigenvalue weighted by Crippen LogP contribution is -2.47. The van der Waals surface area contributed by atoms with Crippen molar-refractivity contribution in [3.63, 3.8) is 0 Å². The molecule has 6 heteroatoms. The summed E-state index contributed by atoms with van der Waals surface area (Å²) in [6, 6.07) is 2.60. The van der Waals surface area contributed by atoms with Crippen molar-refractivity contribution >= 4 is 0 Å². The minimum atomic E-state index is -4.57. The van der Waals surface area contributed by atoms with Gasteiger partial charge in [-0.25, -0.2) is 4.39 Å². The monoisotopic (exact) mass is 289 g/mol. The lowest BCUT2D eigenvalue weighted by Gasteiger charge is -2.37. The lowest BCUT2D eigenvalue weighted by molar-refractivity contribution is -0.137. The topological polar surface area (TPSA) is 32.3 Å². The van der Waals surface area contributed by atoms with Crippen molar-refractivity contribution in [2.45, 2.75) is 49.5 Å². The summed E-state index contributed by atoms with van der Waals surface area (Å²) in [5.74, 6) is -0.983. The van der Waals surface area contributed by atoms with Crippen LogP contribution in [0.2, 0.25) is 0 Å². The lowest BCUT2D eigenvalue weighted by atomic mass is 9.81. The van der Waals surface area contributed by atoms with Gasteiger partial charge < -0.3 is 10.4 Å². The van der Waals surface area contributed by atoms with Gasteiger partial charge >= 0.3 is 6.18 Å². The molecule has 20 heavy (non-hydrogen) atoms. The summed E-state index contributed by atoms with van der Waals surface area (Å²) in [7, 11) is 0. The minimum Gasteiger partial charge on any atom is -0.385 e. The Morgan fingerprint density at radius 2 is 1.75 bits per heavy atom. The van der Waals surface area contributed by atoms with Crippen LogP contribution in [0.3, 0.4) is 0 Å². The largest absolute Gasteiger partial charge is 0.416 e. The third-order valence-corrected chi connectivity index (χ3v) is 4.30. The van der Waals surface area contributed by atoms with Crippen LogP contribution in [0.25, 0.3) is 0 Å². The first-order chi connectivity index (χ1) is 9.28. The molecule has 0 amide bonds. The highest BCUT2D eigenvalue weighted by atomic mass is 19.4. The van der Waals surface area contributed by atoms with Gasteiger partial charge in [0.1, 0.15) is 5.82 Å². The minimum absolute atomic E-state index is 0.0242. The first kappa shape index (κ1) is 13.8. The van der Waals surface area contributed by atoms with Gasteiger partial charge in [-0.05, 0) is 37.8 Å². The van der Waals surface area contributed by atoms with Crippen molar-refractivity contribution in [2.24, 2.45) is 0 Å². The Morgan fingerprint density at radius 1 is 1.15 bits per heavy atom. The number of piperidine rings is 1. The fourth-order valence-electron chi connectivity index (χ4n) is 3.41. The highest BCUT2D eigenvalue weighted by molar-refractivity contribution is 5.31. The maximum atomic E-state index is 14.0. The second kappa shape index (κ2) is 4.43. The number of alkyl halides is 3. The van der Waals surface area contributed by atoms with Crippen LogP contribution < -0.4 is 5.32 Å². The summed E-state index contributed by atoms with van der Waals surface area (Å²) >= 11 is 0. The van der Waals surface area contributed by atoms with Gasteiger partial charge in [0.05, 0.1) is 11.2 Å². The number of fused-ring (bicyclic) bond motifs is 2. The zero-order chi connectivity index (χ0) is 14.5. The molecule has 0 aromatic heterocycles. The molecule has 0 radical (unpaired) electrons. The Hall–Kier alpha value is -1.14. The number of rotatable bonds is 1. The molecule has 2 aliphatic rings. The van der Waals surface area contributed by atoms with E-state index in [1.165, 1.54) is 0 Å². The Bertz CT molecular complexity index is 516. The van der Waals surface area contributed by atoms with Gasteiger partial charge in [0.15, 0.2) is 0 Å². The first-order valence-corrected chi connectivity index (χ1v) is 6.64. The van der Waals surface area contributed by atoms with E-state index >= 15 is 0 Å². The van der Waals surface area contributed by atoms with Gasteiger partial charge in [0, 0.05) is 17.6 Å². The van der Waals surface area contributed by atoms with E-state index in [1.807, 2.05) is 0 Å². The zero-order valence-corrected chi connectivity index (χ0v) is 10.7. The van der Waals surface area contributed by atoms with E-state index in [0.717, 1.165) is 25.0 Å². The molecular formula is C14H15F4NO. The Balaban J connectivity index is 1.94. The van der Waals surface area contributed by atoms with E-state index in [4.69, 9.17) is 0 Å². The third kappa shape index (κ3) is 2.31. The number of hydrogen-bond donors (Lipinski definition) is 2. The number of aliphatic hydroxyl groups is 1. The molecule has 110 valence electrons. The van der Waals surface area contributed by atoms with E-state index < -0.39 is 23.2 Å². The van der Waals surface area contributed by atoms with Crippen molar-refractivity contribution in [3.05, 3.63) is 35.1 Å². The third-order valence-electron chi connectivity index (χ3n) is 4.30. The number of halogens is 4. The van der Waals surface area contributed by atoms with Crippen LogP contribution in [-0.2, 0) is 11.8 Å². The molecule has 0 spiro atoms. The van der Waals surface area contributed by atoms with Crippen LogP contribution in [0.5, 0.6) is 0 Å². The van der Waals surface area contributed by atoms with Gasteiger partial charge in [-0.2, -0.15) is 13.2 Å². The van der Waals surface area contributed by atoms with Crippen LogP contribution in [-0.4, -0.2) is 17.2 Å². The molecule has 2 fully saturated rings. The van der Waals surface area contributed by atoms with Crippen molar-refractivity contribution in [2.75, 3.05) is 0 Å². The van der Waals surface area contributed by atoms with Crippen LogP contribution in [0.4, 0.5) is 17.6 Å². The molecule has 0 saturated carbocycles. The zero-order valence-electron chi connectivity index (χ0n) is 10.7. The van der Waals surface area contributed by atoms with Crippen LogP contribution in [0.15, 0.2) is 18.2 Å². The van der Waals surface area contributed by atoms with Crippen molar-refractivity contribution < 1.29 is 22.7 Å². The van der Waals surface area contributed by atoms with Crippen LogP contribution >= 0.6 is 0 Å². The van der Waals surface area contributed by atoms with Crippen molar-refractivity contribution in [1.82, 2.24) is 5.32 Å². The quantitative estimate of drug-likeness (QED) is 0.779. The molecular weight excluding hydrogens is 274 g/mol. The molecule has 1 aromatic rings. The SMILES string of the molecule is OC1(c2ccc(C(F)(F)F)cc2F)CC2CCC(C1)N2. The maximum absolute atomic E-state index is 14.0. The molecule has 2 heterocycles. The summed E-state index contributed by atoms with van der Waals surface area (Å²) in [6.45, 7) is 0. The number of hydrogen-bond acceptors (Lipinski definition) is 2. The molecule has 2 aliphatic heterocycles. The molecule has 2 atom stereocenters. The summed E-state index contributed by atoms with van der Waals surface area (Å²) < 4.78 is 51.6. The molecule has 2 N–H and O–H groups in total. The standard InChI is InChI=1S/C14H15F4NO/c15-12-5-8(14(16,17)18)1-4-11(12)13(20)6-9-2-3-10(7-13)19-9/h1,4-5,9-10,19-20H,2-3,6-7H2. The fourth-order valence-corrected chi connectivity index (χ4v) is 3.41. The highest BCUT2D eigenvalue weighted by Crippen LogP contribution is 2.42. The van der Waals surface area contributed by atoms with Crippen LogP contribution in [0, 0.1) is 5.82 Å². The van der Waals surface area contributed by atoms with Gasteiger partial charge in [-0.1, -0.05) is 6.07 Å². The average molecular weight is 289 g/mol. The van der Waals surface area contributed by atoms with Gasteiger partial charge in [0.2, 0.25) is 0 Å². The average Bonchev–Trinajstić information content (AvgIpc) is 2.67. The Kier molecular flexibility index (Phi) is 3.06. The fraction of sp³-hybridized carbons (Fsp3) is 0.571. The summed E-state index contributed by atoms with van der Waals surface area (Å²) in [5, 5.41) is 13.9. The predicted octanol–water partition coefficient (Wildman–Crippen LogP) is 2.95. The van der Waals surface area contributed by atoms with Crippen molar-refractivity contribution in [3.8, 4) is 0 Å². The molecule has 2 saturated heterocycles. The van der Waals surface area contributed by atoms with Crippen molar-refractivity contribution in [1.29, 1.82) is 0 Å². The first-order valence-electron chi connectivity index (χ1n) is 6.64. The maximum Gasteiger partial charge on any atom is 0.416 e. The molecule has 2 unspecified atom stereocenters. The van der Waals surface area contributed by atoms with Gasteiger partial charge in [-0.3, -0.25) is 0 Å². The van der Waals surface area contributed by atoms with Gasteiger partial charge in [-0.15, -0.1) is 0 Å². The van der Waals surface area contributed by atoms with E-state index in [-0.39, 0.29) is 17.6 Å². The number of benzene rings is 1. The second-order valence-electron chi connectivity index (χ2n) is 5.77. The van der Waals surface area contributed by atoms with Gasteiger partial charge in [0.25, 0.3) is 0 Å². The summed E-state index contributed by atoms with van der Waals surface area (Å²) in [6.07, 6.45) is -2.07. The highest BCUT2D eigenvalue weighted by Gasteiger charge is 2.45. The van der Waals surface area contributed by atoms with E-state index in [9.17, 15) is 22.7 Å². The van der Waals surface area contributed by atoms with Crippen LogP contribution in [0.1, 0.15) is 36.8 Å². The summed E-state index contributed by atoms with van der Waals surface area (Å²) in [4.78, 5) is 0. The Morgan fingerprint density at radius 3 is 2.25 bits per heavy atom. The normalized spacial score (nSPS) is 33.5. The molecule has 2 bridgehead atoms. The summed E-state index contributed by atoms with van der Waals surface area (Å²) in [5.41, 5.74) is -2.42. The molecule has 1 aromatic carbocycles. The number of nitrogens with one attached hydrogen (secondary N) is 1.